The third kappa shape index (κ3) is 4.59. The minimum Gasteiger partial charge on any atom is -0.389 e. The summed E-state index contributed by atoms with van der Waals surface area (Å²) in [5.41, 5.74) is 8.03. The summed E-state index contributed by atoms with van der Waals surface area (Å²) >= 11 is 7.05. The molecule has 1 saturated heterocycles. The molecular formula is C16H25N3S2. The van der Waals surface area contributed by atoms with Gasteiger partial charge in [-0.2, -0.15) is 0 Å². The molecule has 0 spiro atoms. The Bertz CT molecular complexity index is 490. The summed E-state index contributed by atoms with van der Waals surface area (Å²) < 4.78 is 0. The lowest BCUT2D eigenvalue weighted by atomic mass is 9.98. The SMILES string of the molecule is CCSc1cccc(NCC2CCCN(C)C2)c1C(N)=S. The molecule has 1 aliphatic rings. The Balaban J connectivity index is 2.08. The van der Waals surface area contributed by atoms with E-state index in [1.807, 2.05) is 0 Å². The van der Waals surface area contributed by atoms with Crippen molar-refractivity contribution in [1.82, 2.24) is 4.90 Å². The molecule has 21 heavy (non-hydrogen) atoms. The predicted octanol–water partition coefficient (Wildman–Crippen LogP) is 3.19. The van der Waals surface area contributed by atoms with Gasteiger partial charge in [0.1, 0.15) is 4.99 Å². The number of thiocarbonyl (C=S) groups is 1. The van der Waals surface area contributed by atoms with Crippen LogP contribution in [0.1, 0.15) is 25.3 Å². The first-order valence-electron chi connectivity index (χ1n) is 7.59. The highest BCUT2D eigenvalue weighted by atomic mass is 32.2. The number of likely N-dealkylation sites (tertiary alicyclic amines) is 1. The molecule has 1 aromatic rings. The van der Waals surface area contributed by atoms with Crippen molar-refractivity contribution in [1.29, 1.82) is 0 Å². The molecule has 0 aromatic heterocycles. The van der Waals surface area contributed by atoms with Crippen LogP contribution in [-0.4, -0.2) is 42.3 Å². The van der Waals surface area contributed by atoms with Gasteiger partial charge in [-0.15, -0.1) is 11.8 Å². The van der Waals surface area contributed by atoms with E-state index in [2.05, 4.69) is 42.4 Å². The summed E-state index contributed by atoms with van der Waals surface area (Å²) in [7, 11) is 2.20. The van der Waals surface area contributed by atoms with E-state index in [-0.39, 0.29) is 0 Å². The maximum Gasteiger partial charge on any atom is 0.107 e. The fraction of sp³-hybridized carbons (Fsp3) is 0.562. The van der Waals surface area contributed by atoms with Crippen molar-refractivity contribution in [2.45, 2.75) is 24.7 Å². The number of rotatable bonds is 6. The zero-order valence-electron chi connectivity index (χ0n) is 12.9. The monoisotopic (exact) mass is 323 g/mol. The van der Waals surface area contributed by atoms with Crippen LogP contribution in [-0.2, 0) is 0 Å². The Morgan fingerprint density at radius 3 is 3.00 bits per heavy atom. The summed E-state index contributed by atoms with van der Waals surface area (Å²) in [5, 5.41) is 3.58. The van der Waals surface area contributed by atoms with Crippen molar-refractivity contribution >= 4 is 34.7 Å². The van der Waals surface area contributed by atoms with Gasteiger partial charge < -0.3 is 16.0 Å². The molecule has 0 radical (unpaired) electrons. The fourth-order valence-corrected chi connectivity index (χ4v) is 4.04. The first-order valence-corrected chi connectivity index (χ1v) is 8.99. The normalized spacial score (nSPS) is 19.4. The predicted molar refractivity (Wildman–Crippen MR) is 97.4 cm³/mol. The molecule has 1 atom stereocenters. The lowest BCUT2D eigenvalue weighted by molar-refractivity contribution is 0.217. The van der Waals surface area contributed by atoms with Crippen molar-refractivity contribution in [2.24, 2.45) is 11.7 Å². The third-order valence-electron chi connectivity index (χ3n) is 3.88. The average molecular weight is 324 g/mol. The van der Waals surface area contributed by atoms with Crippen molar-refractivity contribution in [3.63, 3.8) is 0 Å². The van der Waals surface area contributed by atoms with Crippen LogP contribution in [0.2, 0.25) is 0 Å². The van der Waals surface area contributed by atoms with Crippen molar-refractivity contribution in [3.8, 4) is 0 Å². The molecule has 5 heteroatoms. The van der Waals surface area contributed by atoms with Crippen molar-refractivity contribution < 1.29 is 0 Å². The van der Waals surface area contributed by atoms with Gasteiger partial charge in [-0.3, -0.25) is 0 Å². The summed E-state index contributed by atoms with van der Waals surface area (Å²) in [6, 6.07) is 6.26. The van der Waals surface area contributed by atoms with Crippen LogP contribution in [0.5, 0.6) is 0 Å². The number of piperidine rings is 1. The molecule has 1 unspecified atom stereocenters. The van der Waals surface area contributed by atoms with Crippen molar-refractivity contribution in [3.05, 3.63) is 23.8 Å². The van der Waals surface area contributed by atoms with E-state index in [1.54, 1.807) is 11.8 Å². The number of thioether (sulfide) groups is 1. The molecule has 2 rings (SSSR count). The topological polar surface area (TPSA) is 41.3 Å². The quantitative estimate of drug-likeness (QED) is 0.621. The minimum atomic E-state index is 0.481. The first kappa shape index (κ1) is 16.6. The maximum atomic E-state index is 5.95. The Morgan fingerprint density at radius 1 is 1.52 bits per heavy atom. The van der Waals surface area contributed by atoms with Crippen LogP contribution in [0, 0.1) is 5.92 Å². The molecule has 0 bridgehead atoms. The highest BCUT2D eigenvalue weighted by molar-refractivity contribution is 7.99. The number of nitrogens with zero attached hydrogens (tertiary/aromatic N) is 1. The van der Waals surface area contributed by atoms with E-state index in [1.165, 1.54) is 30.8 Å². The van der Waals surface area contributed by atoms with Crippen LogP contribution < -0.4 is 11.1 Å². The third-order valence-corrected chi connectivity index (χ3v) is 5.02. The van der Waals surface area contributed by atoms with Gasteiger partial charge in [0.2, 0.25) is 0 Å². The van der Waals surface area contributed by atoms with Gasteiger partial charge in [0, 0.05) is 29.2 Å². The minimum absolute atomic E-state index is 0.481. The zero-order valence-corrected chi connectivity index (χ0v) is 14.5. The highest BCUT2D eigenvalue weighted by Gasteiger charge is 2.18. The fourth-order valence-electron chi connectivity index (χ4n) is 2.90. The maximum absolute atomic E-state index is 5.95. The average Bonchev–Trinajstić information content (AvgIpc) is 2.45. The molecule has 3 nitrogen and oxygen atoms in total. The number of hydrogen-bond donors (Lipinski definition) is 2. The summed E-state index contributed by atoms with van der Waals surface area (Å²) in [6.45, 7) is 5.52. The molecule has 0 aliphatic carbocycles. The number of nitrogens with two attached hydrogens (primary N) is 1. The Hall–Kier alpha value is -0.780. The number of anilines is 1. The number of nitrogens with one attached hydrogen (secondary N) is 1. The lowest BCUT2D eigenvalue weighted by Crippen LogP contribution is -2.35. The lowest BCUT2D eigenvalue weighted by Gasteiger charge is -2.30. The summed E-state index contributed by atoms with van der Waals surface area (Å²) in [5.74, 6) is 1.72. The van der Waals surface area contributed by atoms with Crippen LogP contribution in [0.3, 0.4) is 0 Å². The van der Waals surface area contributed by atoms with E-state index in [4.69, 9.17) is 18.0 Å². The molecular weight excluding hydrogens is 298 g/mol. The Labute approximate surface area is 137 Å². The highest BCUT2D eigenvalue weighted by Crippen LogP contribution is 2.29. The Morgan fingerprint density at radius 2 is 2.33 bits per heavy atom. The van der Waals surface area contributed by atoms with Gasteiger partial charge in [0.25, 0.3) is 0 Å². The van der Waals surface area contributed by atoms with Crippen LogP contribution in [0.25, 0.3) is 0 Å². The second-order valence-electron chi connectivity index (χ2n) is 5.63. The van der Waals surface area contributed by atoms with E-state index >= 15 is 0 Å². The second kappa shape index (κ2) is 8.01. The standard InChI is InChI=1S/C16H25N3S2/c1-3-21-14-8-4-7-13(15(14)16(17)20)18-10-12-6-5-9-19(2)11-12/h4,7-8,12,18H,3,5-6,9-11H2,1-2H3,(H2,17,20). The Kier molecular flexibility index (Phi) is 6.33. The summed E-state index contributed by atoms with van der Waals surface area (Å²) in [6.07, 6.45) is 2.58. The molecule has 116 valence electrons. The molecule has 0 amide bonds. The van der Waals surface area contributed by atoms with Gasteiger partial charge in [0.15, 0.2) is 0 Å². The molecule has 1 fully saturated rings. The van der Waals surface area contributed by atoms with E-state index in [0.717, 1.165) is 23.5 Å². The largest absolute Gasteiger partial charge is 0.389 e. The van der Waals surface area contributed by atoms with Gasteiger partial charge in [-0.1, -0.05) is 25.2 Å². The van der Waals surface area contributed by atoms with E-state index in [0.29, 0.717) is 10.9 Å². The molecule has 1 aliphatic heterocycles. The van der Waals surface area contributed by atoms with Crippen LogP contribution in [0.4, 0.5) is 5.69 Å². The number of hydrogen-bond acceptors (Lipinski definition) is 4. The molecule has 1 heterocycles. The molecule has 1 aromatic carbocycles. The zero-order chi connectivity index (χ0) is 15.2. The van der Waals surface area contributed by atoms with Crippen LogP contribution >= 0.6 is 24.0 Å². The summed E-state index contributed by atoms with van der Waals surface area (Å²) in [4.78, 5) is 4.07. The van der Waals surface area contributed by atoms with Gasteiger partial charge >= 0.3 is 0 Å². The first-order chi connectivity index (χ1) is 10.1. The molecule has 3 N–H and O–H groups in total. The van der Waals surface area contributed by atoms with Gasteiger partial charge in [-0.05, 0) is 50.2 Å². The molecule has 0 saturated carbocycles. The number of benzene rings is 1. The van der Waals surface area contributed by atoms with Crippen molar-refractivity contribution in [2.75, 3.05) is 37.8 Å². The van der Waals surface area contributed by atoms with Crippen LogP contribution in [0.15, 0.2) is 23.1 Å². The van der Waals surface area contributed by atoms with Gasteiger partial charge in [-0.25, -0.2) is 0 Å². The van der Waals surface area contributed by atoms with E-state index < -0.39 is 0 Å². The van der Waals surface area contributed by atoms with E-state index in [9.17, 15) is 0 Å². The van der Waals surface area contributed by atoms with Gasteiger partial charge in [0.05, 0.1) is 0 Å². The smallest absolute Gasteiger partial charge is 0.107 e. The second-order valence-corrected chi connectivity index (χ2v) is 7.37.